The lowest BCUT2D eigenvalue weighted by Gasteiger charge is -2.07. The molecule has 1 amide bonds. The highest BCUT2D eigenvalue weighted by molar-refractivity contribution is 7.16. The average Bonchev–Trinajstić information content (AvgIpc) is 2.89. The van der Waals surface area contributed by atoms with Crippen molar-refractivity contribution in [1.82, 2.24) is 0 Å². The zero-order valence-electron chi connectivity index (χ0n) is 11.8. The van der Waals surface area contributed by atoms with Crippen LogP contribution < -0.4 is 5.32 Å². The largest absolute Gasteiger partial charge is 0.321 e. The molecule has 4 heteroatoms. The minimum absolute atomic E-state index is 0.0182. The van der Waals surface area contributed by atoms with Crippen molar-refractivity contribution in [1.29, 1.82) is 0 Å². The molecule has 3 nitrogen and oxygen atoms in total. The zero-order chi connectivity index (χ0) is 14.7. The molecule has 104 valence electrons. The molecule has 1 heterocycles. The van der Waals surface area contributed by atoms with Crippen LogP contribution in [0, 0.1) is 0 Å². The molecule has 20 heavy (non-hydrogen) atoms. The van der Waals surface area contributed by atoms with Gasteiger partial charge in [0.05, 0.1) is 9.75 Å². The predicted octanol–water partition coefficient (Wildman–Crippen LogP) is 4.33. The number of ketones is 1. The molecule has 1 aromatic heterocycles. The summed E-state index contributed by atoms with van der Waals surface area (Å²) in [4.78, 5) is 24.4. The number of amides is 1. The lowest BCUT2D eigenvalue weighted by molar-refractivity contribution is 0.101. The summed E-state index contributed by atoms with van der Waals surface area (Å²) in [5.74, 6) is 0.269. The van der Waals surface area contributed by atoms with Gasteiger partial charge in [-0.2, -0.15) is 0 Å². The number of Topliss-reactive ketones (excluding diaryl/α,β-unsaturated/α-hetero) is 1. The van der Waals surface area contributed by atoms with Crippen LogP contribution >= 0.6 is 11.3 Å². The molecule has 1 N–H and O–H groups in total. The van der Waals surface area contributed by atoms with Gasteiger partial charge < -0.3 is 5.32 Å². The SMILES string of the molecule is CC(=O)c1ccc(C(=O)Nc2ccc(C(C)C)cc2)s1. The Balaban J connectivity index is 2.08. The van der Waals surface area contributed by atoms with Gasteiger partial charge in [0, 0.05) is 5.69 Å². The van der Waals surface area contributed by atoms with Crippen LogP contribution in [0.2, 0.25) is 0 Å². The number of nitrogens with one attached hydrogen (secondary N) is 1. The second-order valence-electron chi connectivity index (χ2n) is 4.95. The van der Waals surface area contributed by atoms with E-state index in [1.165, 1.54) is 23.8 Å². The van der Waals surface area contributed by atoms with Crippen molar-refractivity contribution in [2.75, 3.05) is 5.32 Å². The van der Waals surface area contributed by atoms with Crippen LogP contribution in [0.3, 0.4) is 0 Å². The second-order valence-corrected chi connectivity index (χ2v) is 6.03. The number of carbonyl (C=O) groups is 2. The van der Waals surface area contributed by atoms with Gasteiger partial charge in [0.1, 0.15) is 0 Å². The first-order valence-corrected chi connectivity index (χ1v) is 7.31. The lowest BCUT2D eigenvalue weighted by atomic mass is 10.0. The molecule has 0 unspecified atom stereocenters. The molecule has 2 aromatic rings. The molecule has 0 aliphatic heterocycles. The van der Waals surface area contributed by atoms with Gasteiger partial charge in [0.15, 0.2) is 5.78 Å². The van der Waals surface area contributed by atoms with Crippen molar-refractivity contribution < 1.29 is 9.59 Å². The monoisotopic (exact) mass is 287 g/mol. The number of anilines is 1. The molecule has 0 saturated carbocycles. The third-order valence-electron chi connectivity index (χ3n) is 3.01. The summed E-state index contributed by atoms with van der Waals surface area (Å²) in [5.41, 5.74) is 2.00. The molecule has 1 aromatic carbocycles. The number of thiophene rings is 1. The number of hydrogen-bond acceptors (Lipinski definition) is 3. The summed E-state index contributed by atoms with van der Waals surface area (Å²) in [7, 11) is 0. The highest BCUT2D eigenvalue weighted by Crippen LogP contribution is 2.20. The molecular formula is C16H17NO2S. The molecule has 0 saturated heterocycles. The Morgan fingerprint density at radius 3 is 2.10 bits per heavy atom. The van der Waals surface area contributed by atoms with Crippen molar-refractivity contribution in [2.24, 2.45) is 0 Å². The van der Waals surface area contributed by atoms with E-state index in [2.05, 4.69) is 19.2 Å². The van der Waals surface area contributed by atoms with E-state index in [0.717, 1.165) is 5.69 Å². The minimum atomic E-state index is -0.181. The van der Waals surface area contributed by atoms with E-state index in [1.807, 2.05) is 24.3 Å². The third kappa shape index (κ3) is 3.33. The summed E-state index contributed by atoms with van der Waals surface area (Å²) in [5, 5.41) is 2.84. The van der Waals surface area contributed by atoms with Crippen molar-refractivity contribution >= 4 is 28.7 Å². The molecule has 0 atom stereocenters. The summed E-state index contributed by atoms with van der Waals surface area (Å²) in [6.45, 7) is 5.75. The van der Waals surface area contributed by atoms with Gasteiger partial charge in [-0.05, 0) is 42.7 Å². The Hall–Kier alpha value is -1.94. The summed E-state index contributed by atoms with van der Waals surface area (Å²) in [6, 6.07) is 11.2. The minimum Gasteiger partial charge on any atom is -0.321 e. The fourth-order valence-electron chi connectivity index (χ4n) is 1.79. The van der Waals surface area contributed by atoms with Crippen LogP contribution in [0.1, 0.15) is 51.6 Å². The highest BCUT2D eigenvalue weighted by atomic mass is 32.1. The van der Waals surface area contributed by atoms with Gasteiger partial charge in [0.2, 0.25) is 0 Å². The average molecular weight is 287 g/mol. The molecule has 0 radical (unpaired) electrons. The van der Waals surface area contributed by atoms with Gasteiger partial charge in [-0.3, -0.25) is 9.59 Å². The van der Waals surface area contributed by atoms with E-state index in [4.69, 9.17) is 0 Å². The Morgan fingerprint density at radius 2 is 1.60 bits per heavy atom. The smallest absolute Gasteiger partial charge is 0.265 e. The molecule has 0 aliphatic carbocycles. The quantitative estimate of drug-likeness (QED) is 0.851. The second kappa shape index (κ2) is 6.01. The van der Waals surface area contributed by atoms with Crippen LogP contribution in [0.25, 0.3) is 0 Å². The molecule has 0 spiro atoms. The van der Waals surface area contributed by atoms with E-state index < -0.39 is 0 Å². The fourth-order valence-corrected chi connectivity index (χ4v) is 2.59. The Labute approximate surface area is 122 Å². The first-order chi connectivity index (χ1) is 9.47. The summed E-state index contributed by atoms with van der Waals surface area (Å²) < 4.78 is 0. The van der Waals surface area contributed by atoms with Gasteiger partial charge >= 0.3 is 0 Å². The Kier molecular flexibility index (Phi) is 4.35. The number of rotatable bonds is 4. The topological polar surface area (TPSA) is 46.2 Å². The first kappa shape index (κ1) is 14.5. The van der Waals surface area contributed by atoms with Crippen molar-refractivity contribution in [3.63, 3.8) is 0 Å². The van der Waals surface area contributed by atoms with E-state index in [0.29, 0.717) is 15.7 Å². The van der Waals surface area contributed by atoms with Crippen LogP contribution in [0.4, 0.5) is 5.69 Å². The maximum absolute atomic E-state index is 12.1. The lowest BCUT2D eigenvalue weighted by Crippen LogP contribution is -2.10. The van der Waals surface area contributed by atoms with Crippen LogP contribution in [0.5, 0.6) is 0 Å². The van der Waals surface area contributed by atoms with E-state index in [1.54, 1.807) is 12.1 Å². The van der Waals surface area contributed by atoms with Gasteiger partial charge in [-0.15, -0.1) is 11.3 Å². The van der Waals surface area contributed by atoms with Gasteiger partial charge in [-0.1, -0.05) is 26.0 Å². The third-order valence-corrected chi connectivity index (χ3v) is 4.20. The summed E-state index contributed by atoms with van der Waals surface area (Å²) >= 11 is 1.21. The first-order valence-electron chi connectivity index (χ1n) is 6.49. The van der Waals surface area contributed by atoms with E-state index >= 15 is 0 Å². The van der Waals surface area contributed by atoms with Crippen molar-refractivity contribution in [2.45, 2.75) is 26.7 Å². The van der Waals surface area contributed by atoms with Crippen LogP contribution in [-0.2, 0) is 0 Å². The predicted molar refractivity (Wildman–Crippen MR) is 82.8 cm³/mol. The standard InChI is InChI=1S/C16H17NO2S/c1-10(2)12-4-6-13(7-5-12)17-16(19)15-9-8-14(20-15)11(3)18/h4-10H,1-3H3,(H,17,19). The maximum atomic E-state index is 12.1. The number of benzene rings is 1. The molecule has 0 aliphatic rings. The highest BCUT2D eigenvalue weighted by Gasteiger charge is 2.11. The normalized spacial score (nSPS) is 10.6. The molecule has 2 rings (SSSR count). The van der Waals surface area contributed by atoms with E-state index in [9.17, 15) is 9.59 Å². The Bertz CT molecular complexity index is 626. The number of carbonyl (C=O) groups excluding carboxylic acids is 2. The molecule has 0 fully saturated rings. The Morgan fingerprint density at radius 1 is 1.00 bits per heavy atom. The van der Waals surface area contributed by atoms with Crippen molar-refractivity contribution in [3.8, 4) is 0 Å². The van der Waals surface area contributed by atoms with Crippen LogP contribution in [-0.4, -0.2) is 11.7 Å². The van der Waals surface area contributed by atoms with Crippen LogP contribution in [0.15, 0.2) is 36.4 Å². The fraction of sp³-hybridized carbons (Fsp3) is 0.250. The van der Waals surface area contributed by atoms with Gasteiger partial charge in [-0.25, -0.2) is 0 Å². The van der Waals surface area contributed by atoms with Gasteiger partial charge in [0.25, 0.3) is 5.91 Å². The van der Waals surface area contributed by atoms with Crippen molar-refractivity contribution in [3.05, 3.63) is 51.7 Å². The number of hydrogen-bond donors (Lipinski definition) is 1. The molecule has 0 bridgehead atoms. The van der Waals surface area contributed by atoms with E-state index in [-0.39, 0.29) is 11.7 Å². The summed E-state index contributed by atoms with van der Waals surface area (Å²) in [6.07, 6.45) is 0. The zero-order valence-corrected chi connectivity index (χ0v) is 12.6. The molecular weight excluding hydrogens is 270 g/mol. The maximum Gasteiger partial charge on any atom is 0.265 e.